The Morgan fingerprint density at radius 2 is 1.81 bits per heavy atom. The van der Waals surface area contributed by atoms with Crippen LogP contribution in [0, 0.1) is 23.2 Å². The number of hydrogen-bond acceptors (Lipinski definition) is 4. The average molecular weight is 442 g/mol. The zero-order valence-corrected chi connectivity index (χ0v) is 21.3. The summed E-state index contributed by atoms with van der Waals surface area (Å²) in [5.74, 6) is 4.12. The van der Waals surface area contributed by atoms with Crippen molar-refractivity contribution in [3.63, 3.8) is 0 Å². The minimum atomic E-state index is 0.0241. The molecular weight excluding hydrogens is 394 g/mol. The molecule has 1 saturated heterocycles. The lowest BCUT2D eigenvalue weighted by molar-refractivity contribution is 0.203. The normalized spacial score (nSPS) is 26.4. The molecule has 5 atom stereocenters. The summed E-state index contributed by atoms with van der Waals surface area (Å²) in [4.78, 5) is 2.52. The summed E-state index contributed by atoms with van der Waals surface area (Å²) in [5.41, 5.74) is 2.47. The van der Waals surface area contributed by atoms with Crippen molar-refractivity contribution in [3.8, 4) is 0 Å². The van der Waals surface area contributed by atoms with Gasteiger partial charge >= 0.3 is 0 Å². The van der Waals surface area contributed by atoms with Crippen molar-refractivity contribution in [3.05, 3.63) is 49.2 Å². The van der Waals surface area contributed by atoms with Crippen LogP contribution in [0.4, 0.5) is 0 Å². The van der Waals surface area contributed by atoms with Crippen molar-refractivity contribution in [2.75, 3.05) is 13.7 Å². The van der Waals surface area contributed by atoms with Gasteiger partial charge < -0.3 is 20.3 Å². The lowest BCUT2D eigenvalue weighted by Crippen LogP contribution is -2.51. The van der Waals surface area contributed by atoms with Crippen molar-refractivity contribution < 1.29 is 4.74 Å². The standard InChI is InChI=1S/C28H47N3O/c1-18(2)26-24-16-23(24)17-31(26)20(4)27(28(6,7)8)30-21(5)29-25(22-13-11-14-22)15-10-12-19(3)32-9/h22-27,29-30H,1,3-5,10-17H2,2,6-9H3/t23-,24-,25?,26?,27?/m0/s1. The number of hydrogen-bond donors (Lipinski definition) is 2. The van der Waals surface area contributed by atoms with Crippen LogP contribution in [0.25, 0.3) is 0 Å². The van der Waals surface area contributed by atoms with Gasteiger partial charge in [-0.25, -0.2) is 0 Å². The summed E-state index contributed by atoms with van der Waals surface area (Å²) < 4.78 is 5.25. The van der Waals surface area contributed by atoms with Gasteiger partial charge in [0.15, 0.2) is 0 Å². The highest BCUT2D eigenvalue weighted by Crippen LogP contribution is 2.53. The lowest BCUT2D eigenvalue weighted by Gasteiger charge is -2.42. The Bertz CT molecular complexity index is 729. The predicted molar refractivity (Wildman–Crippen MR) is 136 cm³/mol. The van der Waals surface area contributed by atoms with Crippen LogP contribution in [0.2, 0.25) is 0 Å². The molecule has 32 heavy (non-hydrogen) atoms. The quantitative estimate of drug-likeness (QED) is 0.273. The number of nitrogens with one attached hydrogen (secondary N) is 2. The van der Waals surface area contributed by atoms with E-state index in [2.05, 4.69) is 69.5 Å². The van der Waals surface area contributed by atoms with Gasteiger partial charge in [-0.15, -0.1) is 0 Å². The van der Waals surface area contributed by atoms with Crippen LogP contribution >= 0.6 is 0 Å². The van der Waals surface area contributed by atoms with Crippen LogP contribution in [0.1, 0.15) is 72.6 Å². The number of nitrogens with zero attached hydrogens (tertiary/aromatic N) is 1. The smallest absolute Gasteiger partial charge is 0.0920 e. The summed E-state index contributed by atoms with van der Waals surface area (Å²) in [6.07, 6.45) is 8.42. The molecule has 0 aromatic heterocycles. The fourth-order valence-electron chi connectivity index (χ4n) is 5.69. The molecule has 180 valence electrons. The summed E-state index contributed by atoms with van der Waals surface area (Å²) in [6, 6.07) is 1.01. The van der Waals surface area contributed by atoms with Crippen molar-refractivity contribution in [1.29, 1.82) is 0 Å². The summed E-state index contributed by atoms with van der Waals surface area (Å²) in [7, 11) is 1.71. The van der Waals surface area contributed by atoms with Crippen LogP contribution < -0.4 is 10.6 Å². The first-order chi connectivity index (χ1) is 15.0. The van der Waals surface area contributed by atoms with Gasteiger partial charge in [-0.1, -0.05) is 59.1 Å². The largest absolute Gasteiger partial charge is 0.502 e. The lowest BCUT2D eigenvalue weighted by atomic mass is 9.78. The Morgan fingerprint density at radius 3 is 2.34 bits per heavy atom. The highest BCUT2D eigenvalue weighted by atomic mass is 16.5. The third-order valence-electron chi connectivity index (χ3n) is 7.88. The second-order valence-corrected chi connectivity index (χ2v) is 11.6. The molecule has 2 saturated carbocycles. The summed E-state index contributed by atoms with van der Waals surface area (Å²) in [5, 5.41) is 7.50. The Morgan fingerprint density at radius 1 is 1.12 bits per heavy atom. The van der Waals surface area contributed by atoms with Gasteiger partial charge in [-0.05, 0) is 62.2 Å². The maximum atomic E-state index is 5.25. The average Bonchev–Trinajstić information content (AvgIpc) is 3.31. The van der Waals surface area contributed by atoms with Crippen molar-refractivity contribution in [2.45, 2.75) is 90.8 Å². The molecule has 2 aliphatic carbocycles. The van der Waals surface area contributed by atoms with E-state index >= 15 is 0 Å². The number of rotatable bonds is 13. The molecule has 1 heterocycles. The highest BCUT2D eigenvalue weighted by molar-refractivity contribution is 5.25. The molecule has 0 radical (unpaired) electrons. The first-order valence-electron chi connectivity index (χ1n) is 12.6. The molecule has 0 bridgehead atoms. The van der Waals surface area contributed by atoms with Gasteiger partial charge in [0, 0.05) is 24.7 Å². The van der Waals surface area contributed by atoms with E-state index in [-0.39, 0.29) is 11.5 Å². The van der Waals surface area contributed by atoms with E-state index in [4.69, 9.17) is 4.74 Å². The van der Waals surface area contributed by atoms with E-state index in [1.807, 2.05) is 0 Å². The van der Waals surface area contributed by atoms with Crippen molar-refractivity contribution in [1.82, 2.24) is 15.5 Å². The van der Waals surface area contributed by atoms with Gasteiger partial charge in [0.2, 0.25) is 0 Å². The minimum absolute atomic E-state index is 0.0241. The Labute approximate surface area is 197 Å². The second kappa shape index (κ2) is 9.97. The van der Waals surface area contributed by atoms with E-state index in [0.29, 0.717) is 12.1 Å². The molecule has 2 N–H and O–H groups in total. The van der Waals surface area contributed by atoms with Crippen LogP contribution in [0.5, 0.6) is 0 Å². The molecule has 0 aromatic carbocycles. The Hall–Kier alpha value is -1.84. The summed E-state index contributed by atoms with van der Waals surface area (Å²) in [6.45, 7) is 27.4. The summed E-state index contributed by atoms with van der Waals surface area (Å²) >= 11 is 0. The maximum Gasteiger partial charge on any atom is 0.0920 e. The first kappa shape index (κ1) is 24.8. The topological polar surface area (TPSA) is 36.5 Å². The number of likely N-dealkylation sites (tertiary alicyclic amines) is 1. The molecule has 3 fully saturated rings. The van der Waals surface area contributed by atoms with E-state index in [0.717, 1.165) is 55.1 Å². The molecular formula is C28H47N3O. The van der Waals surface area contributed by atoms with Crippen LogP contribution in [0.15, 0.2) is 49.2 Å². The molecule has 3 aliphatic rings. The van der Waals surface area contributed by atoms with Crippen LogP contribution in [0.3, 0.4) is 0 Å². The molecule has 4 nitrogen and oxygen atoms in total. The number of allylic oxidation sites excluding steroid dienone is 1. The fourth-order valence-corrected chi connectivity index (χ4v) is 5.69. The third-order valence-corrected chi connectivity index (χ3v) is 7.88. The van der Waals surface area contributed by atoms with E-state index in [1.165, 1.54) is 37.0 Å². The van der Waals surface area contributed by atoms with Gasteiger partial charge in [0.25, 0.3) is 0 Å². The molecule has 0 aromatic rings. The first-order valence-corrected chi connectivity index (χ1v) is 12.6. The zero-order chi connectivity index (χ0) is 23.6. The Balaban J connectivity index is 1.62. The van der Waals surface area contributed by atoms with Crippen LogP contribution in [-0.4, -0.2) is 36.7 Å². The van der Waals surface area contributed by atoms with Gasteiger partial charge in [-0.3, -0.25) is 0 Å². The van der Waals surface area contributed by atoms with Gasteiger partial charge in [0.1, 0.15) is 0 Å². The minimum Gasteiger partial charge on any atom is -0.502 e. The van der Waals surface area contributed by atoms with Crippen molar-refractivity contribution in [2.24, 2.45) is 23.2 Å². The highest BCUT2D eigenvalue weighted by Gasteiger charge is 2.53. The predicted octanol–water partition coefficient (Wildman–Crippen LogP) is 5.96. The van der Waals surface area contributed by atoms with E-state index in [9.17, 15) is 0 Å². The Kier molecular flexibility index (Phi) is 7.73. The second-order valence-electron chi connectivity index (χ2n) is 11.6. The number of ether oxygens (including phenoxy) is 1. The SMILES string of the molecule is C=C(NC(CCCC(=C)OC)C1CCC1)NC(C(=C)N1C[C@@H]2C[C@@H]2C1C(=C)C)C(C)(C)C. The number of piperidine rings is 1. The molecule has 1 aliphatic heterocycles. The molecule has 3 unspecified atom stereocenters. The van der Waals surface area contributed by atoms with E-state index < -0.39 is 0 Å². The molecule has 0 amide bonds. The van der Waals surface area contributed by atoms with Gasteiger partial charge in [-0.2, -0.15) is 0 Å². The van der Waals surface area contributed by atoms with Crippen LogP contribution in [-0.2, 0) is 4.74 Å². The monoisotopic (exact) mass is 441 g/mol. The third kappa shape index (κ3) is 5.74. The molecule has 3 rings (SSSR count). The molecule has 0 spiro atoms. The maximum absolute atomic E-state index is 5.25. The van der Waals surface area contributed by atoms with Gasteiger partial charge in [0.05, 0.1) is 30.8 Å². The zero-order valence-electron chi connectivity index (χ0n) is 21.3. The molecule has 4 heteroatoms. The number of fused-ring (bicyclic) bond motifs is 1. The number of methoxy groups -OCH3 is 1. The van der Waals surface area contributed by atoms with Crippen molar-refractivity contribution >= 4 is 0 Å². The van der Waals surface area contributed by atoms with E-state index in [1.54, 1.807) is 7.11 Å². The fraction of sp³-hybridized carbons (Fsp3) is 0.714.